The van der Waals surface area contributed by atoms with E-state index in [2.05, 4.69) is 41.5 Å². The van der Waals surface area contributed by atoms with Crippen LogP contribution >= 0.6 is 0 Å². The Balaban J connectivity index is 4.72. The molecule has 0 fully saturated rings. The fourth-order valence-electron chi connectivity index (χ4n) is 1.89. The fourth-order valence-corrected chi connectivity index (χ4v) is 1.89. The van der Waals surface area contributed by atoms with E-state index in [4.69, 9.17) is 5.73 Å². The van der Waals surface area contributed by atoms with Gasteiger partial charge in [-0.3, -0.25) is 0 Å². The Morgan fingerprint density at radius 1 is 1.12 bits per heavy atom. The number of rotatable bonds is 6. The lowest BCUT2D eigenvalue weighted by Gasteiger charge is -2.44. The summed E-state index contributed by atoms with van der Waals surface area (Å²) >= 11 is 0. The predicted octanol–water partition coefficient (Wildman–Crippen LogP) is 3.18. The van der Waals surface area contributed by atoms with Crippen molar-refractivity contribution in [2.45, 2.75) is 66.9 Å². The molecule has 0 aromatic heterocycles. The second-order valence-corrected chi connectivity index (χ2v) is 6.81. The SMILES string of the molecule is CCC(C)(C)C(C)CC(C)(C)C(C)(O)CN. The van der Waals surface area contributed by atoms with Gasteiger partial charge in [0.15, 0.2) is 0 Å². The van der Waals surface area contributed by atoms with E-state index in [0.29, 0.717) is 17.9 Å². The maximum atomic E-state index is 10.3. The van der Waals surface area contributed by atoms with Crippen molar-refractivity contribution >= 4 is 0 Å². The first-order chi connectivity index (χ1) is 7.00. The maximum absolute atomic E-state index is 10.3. The van der Waals surface area contributed by atoms with E-state index in [-0.39, 0.29) is 5.41 Å². The van der Waals surface area contributed by atoms with Crippen molar-refractivity contribution in [2.75, 3.05) is 6.54 Å². The zero-order valence-corrected chi connectivity index (χ0v) is 12.2. The van der Waals surface area contributed by atoms with Gasteiger partial charge in [-0.1, -0.05) is 48.0 Å². The van der Waals surface area contributed by atoms with Gasteiger partial charge in [-0.25, -0.2) is 0 Å². The summed E-state index contributed by atoms with van der Waals surface area (Å²) in [6.07, 6.45) is 2.16. The molecule has 0 heterocycles. The average molecular weight is 229 g/mol. The Bertz CT molecular complexity index is 219. The van der Waals surface area contributed by atoms with E-state index in [1.54, 1.807) is 0 Å². The summed E-state index contributed by atoms with van der Waals surface area (Å²) < 4.78 is 0. The standard InChI is InChI=1S/C14H31NO/c1-8-12(3,4)11(2)9-13(5,6)14(7,16)10-15/h11,16H,8-10,15H2,1-7H3. The topological polar surface area (TPSA) is 46.2 Å². The van der Waals surface area contributed by atoms with Crippen molar-refractivity contribution in [3.05, 3.63) is 0 Å². The van der Waals surface area contributed by atoms with Crippen LogP contribution in [0.4, 0.5) is 0 Å². The summed E-state index contributed by atoms with van der Waals surface area (Å²) in [7, 11) is 0. The molecule has 0 saturated carbocycles. The van der Waals surface area contributed by atoms with E-state index in [1.165, 1.54) is 0 Å². The minimum Gasteiger partial charge on any atom is -0.388 e. The monoisotopic (exact) mass is 229 g/mol. The predicted molar refractivity (Wildman–Crippen MR) is 71.3 cm³/mol. The molecule has 0 saturated heterocycles. The Morgan fingerprint density at radius 2 is 1.56 bits per heavy atom. The van der Waals surface area contributed by atoms with Crippen molar-refractivity contribution in [1.82, 2.24) is 0 Å². The third-order valence-electron chi connectivity index (χ3n) is 4.92. The summed E-state index contributed by atoms with van der Waals surface area (Å²) in [5.74, 6) is 0.575. The van der Waals surface area contributed by atoms with Crippen molar-refractivity contribution in [3.63, 3.8) is 0 Å². The molecule has 2 atom stereocenters. The van der Waals surface area contributed by atoms with Crippen LogP contribution in [0.2, 0.25) is 0 Å². The van der Waals surface area contributed by atoms with Crippen molar-refractivity contribution < 1.29 is 5.11 Å². The number of aliphatic hydroxyl groups is 1. The first kappa shape index (κ1) is 15.9. The van der Waals surface area contributed by atoms with E-state index in [0.717, 1.165) is 12.8 Å². The van der Waals surface area contributed by atoms with Crippen molar-refractivity contribution in [1.29, 1.82) is 0 Å². The highest BCUT2D eigenvalue weighted by Gasteiger charge is 2.41. The molecule has 16 heavy (non-hydrogen) atoms. The van der Waals surface area contributed by atoms with Crippen LogP contribution in [-0.2, 0) is 0 Å². The molecule has 0 aliphatic rings. The lowest BCUT2D eigenvalue weighted by atomic mass is 9.65. The van der Waals surface area contributed by atoms with Crippen LogP contribution < -0.4 is 5.73 Å². The number of hydrogen-bond acceptors (Lipinski definition) is 2. The van der Waals surface area contributed by atoms with Gasteiger partial charge in [0.05, 0.1) is 5.60 Å². The Kier molecular flexibility index (Phi) is 5.03. The zero-order valence-electron chi connectivity index (χ0n) is 12.2. The third kappa shape index (κ3) is 3.46. The molecule has 2 nitrogen and oxygen atoms in total. The Hall–Kier alpha value is -0.0800. The van der Waals surface area contributed by atoms with E-state index < -0.39 is 5.60 Å². The molecule has 0 aromatic rings. The molecule has 2 unspecified atom stereocenters. The highest BCUT2D eigenvalue weighted by Crippen LogP contribution is 2.42. The highest BCUT2D eigenvalue weighted by molar-refractivity contribution is 4.93. The molecule has 2 heteroatoms. The van der Waals surface area contributed by atoms with Crippen LogP contribution in [0, 0.1) is 16.7 Å². The average Bonchev–Trinajstić information content (AvgIpc) is 2.16. The minimum atomic E-state index is -0.787. The van der Waals surface area contributed by atoms with Gasteiger partial charge in [0, 0.05) is 6.54 Å². The normalized spacial score (nSPS) is 19.3. The molecule has 3 N–H and O–H groups in total. The molecular formula is C14H31NO. The van der Waals surface area contributed by atoms with Crippen LogP contribution in [0.15, 0.2) is 0 Å². The molecule has 0 spiro atoms. The molecule has 0 aliphatic heterocycles. The van der Waals surface area contributed by atoms with Crippen molar-refractivity contribution in [3.8, 4) is 0 Å². The van der Waals surface area contributed by atoms with Crippen LogP contribution in [0.25, 0.3) is 0 Å². The molecule has 0 radical (unpaired) electrons. The Labute approximate surface area is 102 Å². The second-order valence-electron chi connectivity index (χ2n) is 6.81. The van der Waals surface area contributed by atoms with E-state index in [9.17, 15) is 5.11 Å². The number of hydrogen-bond donors (Lipinski definition) is 2. The van der Waals surface area contributed by atoms with Gasteiger partial charge in [-0.2, -0.15) is 0 Å². The van der Waals surface area contributed by atoms with Gasteiger partial charge in [0.2, 0.25) is 0 Å². The van der Waals surface area contributed by atoms with Gasteiger partial charge in [-0.15, -0.1) is 0 Å². The van der Waals surface area contributed by atoms with Crippen molar-refractivity contribution in [2.24, 2.45) is 22.5 Å². The molecule has 0 bridgehead atoms. The highest BCUT2D eigenvalue weighted by atomic mass is 16.3. The molecule has 0 aromatic carbocycles. The van der Waals surface area contributed by atoms with Crippen LogP contribution in [-0.4, -0.2) is 17.3 Å². The van der Waals surface area contributed by atoms with Gasteiger partial charge in [0.1, 0.15) is 0 Å². The molecular weight excluding hydrogens is 198 g/mol. The summed E-state index contributed by atoms with van der Waals surface area (Å²) in [5.41, 5.74) is 5.05. The Morgan fingerprint density at radius 3 is 1.88 bits per heavy atom. The summed E-state index contributed by atoms with van der Waals surface area (Å²) in [5, 5.41) is 10.3. The molecule has 0 aliphatic carbocycles. The molecule has 0 rings (SSSR count). The third-order valence-corrected chi connectivity index (χ3v) is 4.92. The van der Waals surface area contributed by atoms with E-state index in [1.807, 2.05) is 6.92 Å². The van der Waals surface area contributed by atoms with Crippen LogP contribution in [0.3, 0.4) is 0 Å². The quantitative estimate of drug-likeness (QED) is 0.735. The van der Waals surface area contributed by atoms with Crippen LogP contribution in [0.1, 0.15) is 61.3 Å². The van der Waals surface area contributed by atoms with Crippen LogP contribution in [0.5, 0.6) is 0 Å². The molecule has 0 amide bonds. The maximum Gasteiger partial charge on any atom is 0.0792 e. The summed E-state index contributed by atoms with van der Waals surface area (Å²) in [6, 6.07) is 0. The summed E-state index contributed by atoms with van der Waals surface area (Å²) in [6.45, 7) is 15.5. The smallest absolute Gasteiger partial charge is 0.0792 e. The van der Waals surface area contributed by atoms with Gasteiger partial charge in [0.25, 0.3) is 0 Å². The van der Waals surface area contributed by atoms with Gasteiger partial charge < -0.3 is 10.8 Å². The minimum absolute atomic E-state index is 0.145. The lowest BCUT2D eigenvalue weighted by molar-refractivity contribution is -0.0625. The van der Waals surface area contributed by atoms with E-state index >= 15 is 0 Å². The second kappa shape index (κ2) is 5.05. The lowest BCUT2D eigenvalue weighted by Crippen LogP contribution is -2.49. The summed E-state index contributed by atoms with van der Waals surface area (Å²) in [4.78, 5) is 0. The number of nitrogens with two attached hydrogens (primary N) is 1. The molecule has 98 valence electrons. The largest absolute Gasteiger partial charge is 0.388 e. The first-order valence-corrected chi connectivity index (χ1v) is 6.42. The first-order valence-electron chi connectivity index (χ1n) is 6.42. The van der Waals surface area contributed by atoms with Gasteiger partial charge in [-0.05, 0) is 30.1 Å². The van der Waals surface area contributed by atoms with Gasteiger partial charge >= 0.3 is 0 Å². The zero-order chi connectivity index (χ0) is 13.2. The fraction of sp³-hybridized carbons (Fsp3) is 1.00.